The van der Waals surface area contributed by atoms with Crippen LogP contribution in [0.1, 0.15) is 56.2 Å². The summed E-state index contributed by atoms with van der Waals surface area (Å²) in [6.45, 7) is 4.33. The summed E-state index contributed by atoms with van der Waals surface area (Å²) < 4.78 is 0. The van der Waals surface area contributed by atoms with Crippen LogP contribution in [0, 0.1) is 23.7 Å². The largest absolute Gasteiger partial charge is 0.393 e. The molecule has 3 fully saturated rings. The minimum absolute atomic E-state index is 0.191. The number of pyridine rings is 1. The summed E-state index contributed by atoms with van der Waals surface area (Å²) in [5.41, 5.74) is 1.06. The molecular formula is C21H28N4O2. The van der Waals surface area contributed by atoms with Crippen molar-refractivity contribution >= 4 is 11.7 Å². The molecule has 2 aliphatic heterocycles. The van der Waals surface area contributed by atoms with Crippen LogP contribution in [0.4, 0.5) is 5.82 Å². The summed E-state index contributed by atoms with van der Waals surface area (Å²) in [6, 6.07) is 6.20. The number of anilines is 1. The second-order valence-corrected chi connectivity index (χ2v) is 8.43. The van der Waals surface area contributed by atoms with Crippen LogP contribution in [-0.2, 0) is 4.79 Å². The number of rotatable bonds is 2. The molecule has 0 unspecified atom stereocenters. The lowest BCUT2D eigenvalue weighted by molar-refractivity contribution is -0.139. The van der Waals surface area contributed by atoms with Gasteiger partial charge in [-0.05, 0) is 64.0 Å². The first-order valence-corrected chi connectivity index (χ1v) is 10.1. The van der Waals surface area contributed by atoms with Gasteiger partial charge in [0.05, 0.1) is 22.8 Å². The Hall–Kier alpha value is -2.13. The molecule has 1 saturated carbocycles. The van der Waals surface area contributed by atoms with Crippen LogP contribution < -0.4 is 4.90 Å². The fourth-order valence-corrected chi connectivity index (χ4v) is 5.11. The van der Waals surface area contributed by atoms with Crippen molar-refractivity contribution < 1.29 is 9.90 Å². The van der Waals surface area contributed by atoms with E-state index in [1.807, 2.05) is 19.1 Å². The zero-order chi connectivity index (χ0) is 19.0. The van der Waals surface area contributed by atoms with Crippen LogP contribution in [0.3, 0.4) is 0 Å². The molecule has 1 atom stereocenters. The summed E-state index contributed by atoms with van der Waals surface area (Å²) in [7, 11) is 0. The highest BCUT2D eigenvalue weighted by Gasteiger charge is 2.50. The van der Waals surface area contributed by atoms with Gasteiger partial charge in [-0.25, -0.2) is 4.98 Å². The summed E-state index contributed by atoms with van der Waals surface area (Å²) >= 11 is 0. The number of likely N-dealkylation sites (tertiary alicyclic amines) is 1. The van der Waals surface area contributed by atoms with E-state index in [0.717, 1.165) is 76.1 Å². The van der Waals surface area contributed by atoms with Crippen LogP contribution in [0.25, 0.3) is 0 Å². The van der Waals surface area contributed by atoms with Crippen molar-refractivity contribution in [3.8, 4) is 6.07 Å². The first-order chi connectivity index (χ1) is 13.0. The number of amides is 1. The predicted molar refractivity (Wildman–Crippen MR) is 102 cm³/mol. The second-order valence-electron chi connectivity index (χ2n) is 8.43. The van der Waals surface area contributed by atoms with E-state index in [4.69, 9.17) is 5.26 Å². The van der Waals surface area contributed by atoms with E-state index in [1.54, 1.807) is 0 Å². The van der Waals surface area contributed by atoms with Crippen LogP contribution in [0.15, 0.2) is 12.1 Å². The smallest absolute Gasteiger partial charge is 0.230 e. The zero-order valence-electron chi connectivity index (χ0n) is 16.0. The number of aromatic nitrogens is 1. The average Bonchev–Trinajstić information content (AvgIpc) is 2.98. The summed E-state index contributed by atoms with van der Waals surface area (Å²) in [5, 5.41) is 18.9. The zero-order valence-corrected chi connectivity index (χ0v) is 16.0. The van der Waals surface area contributed by atoms with Gasteiger partial charge in [-0.15, -0.1) is 0 Å². The number of carbonyl (C=O) groups excluding carboxylic acids is 1. The molecule has 1 aliphatic carbocycles. The monoisotopic (exact) mass is 368 g/mol. The average molecular weight is 368 g/mol. The minimum Gasteiger partial charge on any atom is -0.393 e. The van der Waals surface area contributed by atoms with Gasteiger partial charge in [0.2, 0.25) is 5.91 Å². The number of hydrogen-bond acceptors (Lipinski definition) is 5. The Balaban J connectivity index is 1.50. The maximum Gasteiger partial charge on any atom is 0.230 e. The molecule has 27 heavy (non-hydrogen) atoms. The molecule has 0 radical (unpaired) electrons. The number of carbonyl (C=O) groups is 1. The van der Waals surface area contributed by atoms with E-state index in [1.165, 1.54) is 0 Å². The SMILES string of the molecule is Cc1nc(N2CCC[C@]3(CCN([C@H]4CC[C@H](O)CC4)C3=O)C2)ccc1C#N. The highest BCUT2D eigenvalue weighted by molar-refractivity contribution is 5.86. The summed E-state index contributed by atoms with van der Waals surface area (Å²) in [5.74, 6) is 1.18. The van der Waals surface area contributed by atoms with Gasteiger partial charge in [-0.3, -0.25) is 4.79 Å². The molecule has 6 heteroatoms. The van der Waals surface area contributed by atoms with Gasteiger partial charge >= 0.3 is 0 Å². The lowest BCUT2D eigenvalue weighted by Gasteiger charge is -2.41. The van der Waals surface area contributed by atoms with Crippen LogP contribution >= 0.6 is 0 Å². The number of nitrogens with zero attached hydrogens (tertiary/aromatic N) is 4. The molecule has 1 aromatic heterocycles. The second kappa shape index (κ2) is 7.12. The van der Waals surface area contributed by atoms with Gasteiger partial charge in [0.25, 0.3) is 0 Å². The molecule has 1 aromatic rings. The van der Waals surface area contributed by atoms with Crippen molar-refractivity contribution in [3.63, 3.8) is 0 Å². The van der Waals surface area contributed by atoms with Crippen molar-refractivity contribution in [2.75, 3.05) is 24.5 Å². The Morgan fingerprint density at radius 1 is 1.22 bits per heavy atom. The molecule has 0 aromatic carbocycles. The third kappa shape index (κ3) is 3.29. The van der Waals surface area contributed by atoms with Gasteiger partial charge in [-0.2, -0.15) is 5.26 Å². The van der Waals surface area contributed by atoms with E-state index in [0.29, 0.717) is 17.5 Å². The number of aliphatic hydroxyl groups is 1. The van der Waals surface area contributed by atoms with Gasteiger partial charge in [0.15, 0.2) is 0 Å². The number of aryl methyl sites for hydroxylation is 1. The Bertz CT molecular complexity index is 766. The van der Waals surface area contributed by atoms with Gasteiger partial charge in [0.1, 0.15) is 11.9 Å². The fourth-order valence-electron chi connectivity index (χ4n) is 5.11. The molecule has 1 N–H and O–H groups in total. The maximum atomic E-state index is 13.4. The third-order valence-electron chi connectivity index (χ3n) is 6.75. The topological polar surface area (TPSA) is 80.5 Å². The van der Waals surface area contributed by atoms with Crippen molar-refractivity contribution in [2.45, 2.75) is 64.0 Å². The van der Waals surface area contributed by atoms with Crippen LogP contribution in [-0.4, -0.2) is 52.7 Å². The van der Waals surface area contributed by atoms with Crippen LogP contribution in [0.5, 0.6) is 0 Å². The normalized spacial score (nSPS) is 31.4. The van der Waals surface area contributed by atoms with Gasteiger partial charge in [-0.1, -0.05) is 0 Å². The highest BCUT2D eigenvalue weighted by Crippen LogP contribution is 2.43. The van der Waals surface area contributed by atoms with E-state index in [2.05, 4.69) is 20.9 Å². The van der Waals surface area contributed by atoms with Crippen molar-refractivity contribution in [1.82, 2.24) is 9.88 Å². The summed E-state index contributed by atoms with van der Waals surface area (Å²) in [6.07, 6.45) is 6.11. The molecule has 1 spiro atoms. The molecular weight excluding hydrogens is 340 g/mol. The first-order valence-electron chi connectivity index (χ1n) is 10.1. The maximum absolute atomic E-state index is 13.4. The van der Waals surface area contributed by atoms with E-state index < -0.39 is 0 Å². The van der Waals surface area contributed by atoms with E-state index in [9.17, 15) is 9.90 Å². The predicted octanol–water partition coefficient (Wildman–Crippen LogP) is 2.38. The number of hydrogen-bond donors (Lipinski definition) is 1. The molecule has 3 heterocycles. The van der Waals surface area contributed by atoms with Crippen molar-refractivity contribution in [1.29, 1.82) is 5.26 Å². The Morgan fingerprint density at radius 3 is 2.70 bits per heavy atom. The van der Waals surface area contributed by atoms with Gasteiger partial charge in [0, 0.05) is 25.7 Å². The first kappa shape index (κ1) is 18.2. The molecule has 2 saturated heterocycles. The Labute approximate surface area is 160 Å². The molecule has 1 amide bonds. The Kier molecular flexibility index (Phi) is 4.81. The standard InChI is InChI=1S/C21H28N4O2/c1-15-16(13-22)3-8-19(23-15)24-11-2-9-21(14-24)10-12-25(20(21)27)17-4-6-18(26)7-5-17/h3,8,17-18,26H,2,4-7,9-12,14H2,1H3/t17-,18-,21-/m0/s1. The minimum atomic E-state index is -0.294. The van der Waals surface area contributed by atoms with Crippen LogP contribution in [0.2, 0.25) is 0 Å². The van der Waals surface area contributed by atoms with E-state index in [-0.39, 0.29) is 11.5 Å². The number of piperidine rings is 1. The molecule has 3 aliphatic rings. The molecule has 4 rings (SSSR count). The molecule has 144 valence electrons. The molecule has 6 nitrogen and oxygen atoms in total. The van der Waals surface area contributed by atoms with Gasteiger partial charge < -0.3 is 14.9 Å². The summed E-state index contributed by atoms with van der Waals surface area (Å²) in [4.78, 5) is 22.3. The lowest BCUT2D eigenvalue weighted by Crippen LogP contribution is -2.50. The quantitative estimate of drug-likeness (QED) is 0.867. The van der Waals surface area contributed by atoms with E-state index >= 15 is 0 Å². The fraction of sp³-hybridized carbons (Fsp3) is 0.667. The third-order valence-corrected chi connectivity index (χ3v) is 6.75. The highest BCUT2D eigenvalue weighted by atomic mass is 16.3. The lowest BCUT2D eigenvalue weighted by atomic mass is 9.78. The van der Waals surface area contributed by atoms with Crippen molar-refractivity contribution in [3.05, 3.63) is 23.4 Å². The number of aliphatic hydroxyl groups excluding tert-OH is 1. The van der Waals surface area contributed by atoms with Crippen molar-refractivity contribution in [2.24, 2.45) is 5.41 Å². The number of nitriles is 1. The Morgan fingerprint density at radius 2 is 2.00 bits per heavy atom. The molecule has 0 bridgehead atoms.